The van der Waals surface area contributed by atoms with Crippen LogP contribution < -0.4 is 5.73 Å². The summed E-state index contributed by atoms with van der Waals surface area (Å²) in [6.45, 7) is 4.80. The predicted octanol–water partition coefficient (Wildman–Crippen LogP) is 2.19. The predicted molar refractivity (Wildman–Crippen MR) is 113 cm³/mol. The molecule has 1 fully saturated rings. The molecule has 0 unspecified atom stereocenters. The Morgan fingerprint density at radius 1 is 1.26 bits per heavy atom. The van der Waals surface area contributed by atoms with Crippen LogP contribution in [0, 0.1) is 6.92 Å². The first-order valence-corrected chi connectivity index (χ1v) is 10.9. The van der Waals surface area contributed by atoms with Gasteiger partial charge in [0.1, 0.15) is 12.0 Å². The van der Waals surface area contributed by atoms with Gasteiger partial charge in [-0.1, -0.05) is 0 Å². The van der Waals surface area contributed by atoms with Gasteiger partial charge in [-0.05, 0) is 26.2 Å². The number of hydrogen-bond donors (Lipinski definition) is 1. The maximum Gasteiger partial charge on any atom is 0.245 e. The maximum absolute atomic E-state index is 6.14. The van der Waals surface area contributed by atoms with Crippen LogP contribution in [0.4, 0.5) is 5.95 Å². The lowest BCUT2D eigenvalue weighted by Crippen LogP contribution is -2.33. The number of aromatic nitrogens is 7. The topological polar surface area (TPSA) is 116 Å². The molecular weight excluding hydrogens is 394 g/mol. The first-order valence-electron chi connectivity index (χ1n) is 10.9. The molecule has 4 aromatic rings. The van der Waals surface area contributed by atoms with E-state index in [1.54, 1.807) is 10.7 Å². The average molecular weight is 419 g/mol. The van der Waals surface area contributed by atoms with E-state index in [9.17, 15) is 0 Å². The highest BCUT2D eigenvalue weighted by Crippen LogP contribution is 2.34. The number of nitrogen functional groups attached to an aromatic ring is 1. The van der Waals surface area contributed by atoms with Gasteiger partial charge in [0.15, 0.2) is 11.5 Å². The van der Waals surface area contributed by atoms with Crippen LogP contribution in [-0.2, 0) is 19.4 Å². The Hall–Kier alpha value is -3.27. The Morgan fingerprint density at radius 2 is 2.16 bits per heavy atom. The van der Waals surface area contributed by atoms with Gasteiger partial charge in [-0.3, -0.25) is 9.58 Å². The van der Waals surface area contributed by atoms with Crippen molar-refractivity contribution >= 4 is 11.6 Å². The van der Waals surface area contributed by atoms with Gasteiger partial charge in [-0.25, -0.2) is 15.0 Å². The van der Waals surface area contributed by atoms with Gasteiger partial charge in [0.05, 0.1) is 18.4 Å². The highest BCUT2D eigenvalue weighted by molar-refractivity contribution is 5.65. The van der Waals surface area contributed by atoms with Gasteiger partial charge in [0, 0.05) is 49.3 Å². The second-order valence-corrected chi connectivity index (χ2v) is 8.47. The van der Waals surface area contributed by atoms with Crippen LogP contribution in [0.5, 0.6) is 0 Å². The molecule has 0 atom stereocenters. The van der Waals surface area contributed by atoms with E-state index in [1.165, 1.54) is 36.8 Å². The summed E-state index contributed by atoms with van der Waals surface area (Å²) in [5, 5.41) is 9.27. The molecule has 0 aromatic carbocycles. The van der Waals surface area contributed by atoms with E-state index in [-0.39, 0.29) is 5.95 Å². The number of rotatable bonds is 5. The van der Waals surface area contributed by atoms with Gasteiger partial charge in [0.2, 0.25) is 11.8 Å². The van der Waals surface area contributed by atoms with Crippen molar-refractivity contribution in [2.45, 2.75) is 51.6 Å². The van der Waals surface area contributed by atoms with Crippen molar-refractivity contribution in [3.63, 3.8) is 0 Å². The SMILES string of the molecule is Cc1c(-c2ncco2)nc(N)n2nc(CCN3CCc4c(cnn4C4CCC4)C3)nc12. The fraction of sp³-hybridized carbons (Fsp3) is 0.476. The van der Waals surface area contributed by atoms with Gasteiger partial charge in [-0.2, -0.15) is 9.61 Å². The second kappa shape index (κ2) is 7.16. The van der Waals surface area contributed by atoms with E-state index in [2.05, 4.69) is 35.9 Å². The van der Waals surface area contributed by atoms with E-state index in [1.807, 2.05) is 6.92 Å². The van der Waals surface area contributed by atoms with E-state index < -0.39 is 0 Å². The Labute approximate surface area is 179 Å². The Balaban J connectivity index is 1.19. The quantitative estimate of drug-likeness (QED) is 0.523. The molecule has 0 bridgehead atoms. The summed E-state index contributed by atoms with van der Waals surface area (Å²) in [6, 6.07) is 0.626. The molecule has 2 aliphatic rings. The molecule has 160 valence electrons. The second-order valence-electron chi connectivity index (χ2n) is 8.47. The van der Waals surface area contributed by atoms with Gasteiger partial charge in [0.25, 0.3) is 0 Å². The normalized spacial score (nSPS) is 17.2. The third-order valence-electron chi connectivity index (χ3n) is 6.54. The summed E-state index contributed by atoms with van der Waals surface area (Å²) in [5.74, 6) is 1.47. The monoisotopic (exact) mass is 419 g/mol. The lowest BCUT2D eigenvalue weighted by Gasteiger charge is -2.31. The van der Waals surface area contributed by atoms with Crippen molar-refractivity contribution in [2.75, 3.05) is 18.8 Å². The van der Waals surface area contributed by atoms with Crippen molar-refractivity contribution in [1.82, 2.24) is 39.2 Å². The Kier molecular flexibility index (Phi) is 4.27. The third kappa shape index (κ3) is 3.09. The minimum Gasteiger partial charge on any atom is -0.443 e. The zero-order valence-electron chi connectivity index (χ0n) is 17.5. The van der Waals surface area contributed by atoms with E-state index in [4.69, 9.17) is 15.1 Å². The lowest BCUT2D eigenvalue weighted by atomic mass is 9.92. The van der Waals surface area contributed by atoms with Crippen LogP contribution in [0.25, 0.3) is 17.2 Å². The molecule has 0 spiro atoms. The first kappa shape index (κ1) is 18.5. The number of oxazole rings is 1. The average Bonchev–Trinajstić information content (AvgIpc) is 3.48. The van der Waals surface area contributed by atoms with Crippen LogP contribution in [0.3, 0.4) is 0 Å². The Morgan fingerprint density at radius 3 is 2.94 bits per heavy atom. The molecule has 2 N–H and O–H groups in total. The molecule has 0 saturated heterocycles. The van der Waals surface area contributed by atoms with E-state index in [0.29, 0.717) is 23.3 Å². The summed E-state index contributed by atoms with van der Waals surface area (Å²) < 4.78 is 9.28. The largest absolute Gasteiger partial charge is 0.443 e. The molecule has 1 aliphatic carbocycles. The standard InChI is InChI=1S/C21H25N9O/c1-13-18(20-23-7-10-31-20)26-21(22)30-19(13)25-17(27-30)6-9-28-8-5-16-14(12-28)11-24-29(16)15-3-2-4-15/h7,10-11,15H,2-6,8-9,12H2,1H3,(H2,22,26). The zero-order chi connectivity index (χ0) is 20.9. The van der Waals surface area contributed by atoms with Crippen molar-refractivity contribution in [3.05, 3.63) is 41.3 Å². The van der Waals surface area contributed by atoms with Crippen LogP contribution in [0.15, 0.2) is 23.1 Å². The molecule has 5 heterocycles. The molecule has 0 amide bonds. The molecule has 6 rings (SSSR count). The molecule has 4 aromatic heterocycles. The van der Waals surface area contributed by atoms with Gasteiger partial charge < -0.3 is 10.2 Å². The minimum absolute atomic E-state index is 0.276. The highest BCUT2D eigenvalue weighted by Gasteiger charge is 2.27. The van der Waals surface area contributed by atoms with Gasteiger partial charge in [-0.15, -0.1) is 5.10 Å². The molecule has 0 radical (unpaired) electrons. The summed E-state index contributed by atoms with van der Waals surface area (Å²) >= 11 is 0. The molecular formula is C21H25N9O. The Bertz CT molecular complexity index is 1240. The number of fused-ring (bicyclic) bond motifs is 2. The van der Waals surface area contributed by atoms with Crippen LogP contribution >= 0.6 is 0 Å². The minimum atomic E-state index is 0.276. The summed E-state index contributed by atoms with van der Waals surface area (Å²) in [6.07, 6.45) is 10.8. The third-order valence-corrected chi connectivity index (χ3v) is 6.54. The van der Waals surface area contributed by atoms with Crippen LogP contribution in [-0.4, -0.2) is 52.3 Å². The number of aryl methyl sites for hydroxylation is 1. The number of nitrogens with two attached hydrogens (primary N) is 1. The summed E-state index contributed by atoms with van der Waals surface area (Å²) in [7, 11) is 0. The summed E-state index contributed by atoms with van der Waals surface area (Å²) in [4.78, 5) is 15.8. The van der Waals surface area contributed by atoms with Crippen molar-refractivity contribution in [2.24, 2.45) is 0 Å². The number of anilines is 1. The van der Waals surface area contributed by atoms with Crippen molar-refractivity contribution in [3.8, 4) is 11.6 Å². The van der Waals surface area contributed by atoms with E-state index >= 15 is 0 Å². The molecule has 10 heteroatoms. The van der Waals surface area contributed by atoms with Crippen LogP contribution in [0.1, 0.15) is 47.9 Å². The molecule has 1 saturated carbocycles. The fourth-order valence-corrected chi connectivity index (χ4v) is 4.57. The van der Waals surface area contributed by atoms with Crippen molar-refractivity contribution in [1.29, 1.82) is 0 Å². The number of hydrogen-bond acceptors (Lipinski definition) is 8. The molecule has 1 aliphatic heterocycles. The smallest absolute Gasteiger partial charge is 0.245 e. The maximum atomic E-state index is 6.14. The zero-order valence-corrected chi connectivity index (χ0v) is 17.5. The highest BCUT2D eigenvalue weighted by atomic mass is 16.3. The molecule has 10 nitrogen and oxygen atoms in total. The number of nitrogens with zero attached hydrogens (tertiary/aromatic N) is 8. The van der Waals surface area contributed by atoms with Crippen molar-refractivity contribution < 1.29 is 4.42 Å². The molecule has 31 heavy (non-hydrogen) atoms. The fourth-order valence-electron chi connectivity index (χ4n) is 4.57. The first-order chi connectivity index (χ1) is 15.2. The summed E-state index contributed by atoms with van der Waals surface area (Å²) in [5.41, 5.74) is 11.1. The lowest BCUT2D eigenvalue weighted by molar-refractivity contribution is 0.238. The van der Waals surface area contributed by atoms with Gasteiger partial charge >= 0.3 is 0 Å². The van der Waals surface area contributed by atoms with Crippen LogP contribution in [0.2, 0.25) is 0 Å². The van der Waals surface area contributed by atoms with E-state index in [0.717, 1.165) is 43.9 Å².